The largest absolute Gasteiger partial charge is 0.322 e. The average molecular weight is 310 g/mol. The van der Waals surface area contributed by atoms with Crippen molar-refractivity contribution in [2.75, 3.05) is 11.6 Å². The van der Waals surface area contributed by atoms with Gasteiger partial charge in [-0.05, 0) is 37.3 Å². The van der Waals surface area contributed by atoms with Crippen LogP contribution in [0.25, 0.3) is 0 Å². The number of aromatic nitrogens is 2. The van der Waals surface area contributed by atoms with E-state index < -0.39 is 0 Å². The maximum Gasteiger partial charge on any atom is 0.257 e. The summed E-state index contributed by atoms with van der Waals surface area (Å²) in [7, 11) is 0. The van der Waals surface area contributed by atoms with Gasteiger partial charge in [0.25, 0.3) is 5.91 Å². The third-order valence-corrected chi connectivity index (χ3v) is 4.17. The summed E-state index contributed by atoms with van der Waals surface area (Å²) in [6, 6.07) is 7.29. The first-order chi connectivity index (χ1) is 10.7. The highest BCUT2D eigenvalue weighted by molar-refractivity contribution is 7.98. The van der Waals surface area contributed by atoms with Crippen LogP contribution in [0.4, 0.5) is 5.69 Å². The first kappa shape index (κ1) is 14.5. The van der Waals surface area contributed by atoms with Crippen LogP contribution < -0.4 is 5.32 Å². The molecule has 0 spiro atoms. The first-order valence-electron chi connectivity index (χ1n) is 6.93. The number of pyridine rings is 2. The predicted octanol–water partition coefficient (Wildman–Crippen LogP) is 3.20. The molecule has 0 saturated heterocycles. The van der Waals surface area contributed by atoms with Gasteiger partial charge in [-0.15, -0.1) is 11.8 Å². The average Bonchev–Trinajstić information content (AvgIpc) is 3.39. The van der Waals surface area contributed by atoms with Gasteiger partial charge in [-0.2, -0.15) is 5.26 Å². The minimum absolute atomic E-state index is 0.289. The lowest BCUT2D eigenvalue weighted by Gasteiger charge is -2.11. The van der Waals surface area contributed by atoms with Gasteiger partial charge in [-0.3, -0.25) is 9.78 Å². The van der Waals surface area contributed by atoms with Crippen molar-refractivity contribution in [2.45, 2.75) is 23.8 Å². The van der Waals surface area contributed by atoms with Crippen molar-refractivity contribution in [3.05, 3.63) is 47.4 Å². The van der Waals surface area contributed by atoms with Crippen molar-refractivity contribution in [1.82, 2.24) is 9.97 Å². The smallest absolute Gasteiger partial charge is 0.257 e. The van der Waals surface area contributed by atoms with Gasteiger partial charge < -0.3 is 5.32 Å². The Morgan fingerprint density at radius 3 is 2.73 bits per heavy atom. The molecule has 1 aliphatic carbocycles. The van der Waals surface area contributed by atoms with E-state index in [4.69, 9.17) is 0 Å². The number of nitrogens with zero attached hydrogens (tertiary/aromatic N) is 3. The van der Waals surface area contributed by atoms with Gasteiger partial charge >= 0.3 is 0 Å². The van der Waals surface area contributed by atoms with E-state index >= 15 is 0 Å². The molecule has 2 heterocycles. The summed E-state index contributed by atoms with van der Waals surface area (Å²) >= 11 is 1.39. The summed E-state index contributed by atoms with van der Waals surface area (Å²) in [4.78, 5) is 21.0. The normalized spacial score (nSPS) is 13.5. The SMILES string of the molecule is CSc1nc(C2CC2)cc(C(=O)Nc2ccncc2)c1C#N. The lowest BCUT2D eigenvalue weighted by molar-refractivity contribution is 0.102. The monoisotopic (exact) mass is 310 g/mol. The van der Waals surface area contributed by atoms with Crippen LogP contribution in [-0.2, 0) is 0 Å². The fourth-order valence-corrected chi connectivity index (χ4v) is 2.75. The van der Waals surface area contributed by atoms with Crippen LogP contribution in [0, 0.1) is 11.3 Å². The summed E-state index contributed by atoms with van der Waals surface area (Å²) in [6.45, 7) is 0. The highest BCUT2D eigenvalue weighted by Gasteiger charge is 2.28. The van der Waals surface area contributed by atoms with Gasteiger partial charge in [-0.1, -0.05) is 0 Å². The number of carbonyl (C=O) groups excluding carboxylic acids is 1. The topological polar surface area (TPSA) is 78.7 Å². The van der Waals surface area contributed by atoms with Crippen molar-refractivity contribution >= 4 is 23.4 Å². The minimum Gasteiger partial charge on any atom is -0.322 e. The molecule has 1 amide bonds. The van der Waals surface area contributed by atoms with Crippen molar-refractivity contribution < 1.29 is 4.79 Å². The number of rotatable bonds is 4. The lowest BCUT2D eigenvalue weighted by Crippen LogP contribution is -2.15. The Hall–Kier alpha value is -2.39. The zero-order valence-corrected chi connectivity index (χ0v) is 12.9. The van der Waals surface area contributed by atoms with E-state index in [0.29, 0.717) is 27.8 Å². The number of amides is 1. The third-order valence-electron chi connectivity index (χ3n) is 3.49. The highest BCUT2D eigenvalue weighted by atomic mass is 32.2. The van der Waals surface area contributed by atoms with Crippen molar-refractivity contribution in [1.29, 1.82) is 5.26 Å². The van der Waals surface area contributed by atoms with Crippen LogP contribution in [-0.4, -0.2) is 22.1 Å². The Morgan fingerprint density at radius 1 is 1.41 bits per heavy atom. The molecule has 0 atom stereocenters. The Balaban J connectivity index is 1.99. The zero-order chi connectivity index (χ0) is 15.5. The molecular weight excluding hydrogens is 296 g/mol. The number of thioether (sulfide) groups is 1. The molecule has 2 aromatic heterocycles. The molecule has 5 nitrogen and oxygen atoms in total. The molecule has 0 unspecified atom stereocenters. The van der Waals surface area contributed by atoms with E-state index in [1.165, 1.54) is 11.8 Å². The number of nitriles is 1. The summed E-state index contributed by atoms with van der Waals surface area (Å²) in [5.74, 6) is 0.133. The zero-order valence-electron chi connectivity index (χ0n) is 12.0. The van der Waals surface area contributed by atoms with Gasteiger partial charge in [0.2, 0.25) is 0 Å². The summed E-state index contributed by atoms with van der Waals surface area (Å²) in [5.41, 5.74) is 2.28. The van der Waals surface area contributed by atoms with E-state index in [2.05, 4.69) is 21.4 Å². The first-order valence-corrected chi connectivity index (χ1v) is 8.15. The minimum atomic E-state index is -0.289. The molecule has 0 bridgehead atoms. The summed E-state index contributed by atoms with van der Waals surface area (Å²) in [5, 5.41) is 12.8. The molecule has 3 rings (SSSR count). The van der Waals surface area contributed by atoms with Gasteiger partial charge in [0.1, 0.15) is 11.1 Å². The van der Waals surface area contributed by atoms with Crippen LogP contribution in [0.3, 0.4) is 0 Å². The van der Waals surface area contributed by atoms with Gasteiger partial charge in [0.15, 0.2) is 0 Å². The van der Waals surface area contributed by atoms with Gasteiger partial charge in [0.05, 0.1) is 11.1 Å². The van der Waals surface area contributed by atoms with E-state index in [0.717, 1.165) is 18.5 Å². The van der Waals surface area contributed by atoms with Crippen LogP contribution in [0.2, 0.25) is 0 Å². The molecule has 1 N–H and O–H groups in total. The van der Waals surface area contributed by atoms with E-state index in [1.807, 2.05) is 6.26 Å². The number of hydrogen-bond donors (Lipinski definition) is 1. The molecular formula is C16H14N4OS. The maximum absolute atomic E-state index is 12.5. The molecule has 0 aromatic carbocycles. The number of carbonyl (C=O) groups is 1. The van der Waals surface area contributed by atoms with Crippen molar-refractivity contribution in [3.63, 3.8) is 0 Å². The molecule has 1 saturated carbocycles. The number of hydrogen-bond acceptors (Lipinski definition) is 5. The van der Waals surface area contributed by atoms with E-state index in [-0.39, 0.29) is 5.91 Å². The highest BCUT2D eigenvalue weighted by Crippen LogP contribution is 2.40. The Bertz CT molecular complexity index is 751. The quantitative estimate of drug-likeness (QED) is 0.877. The molecule has 6 heteroatoms. The number of anilines is 1. The predicted molar refractivity (Wildman–Crippen MR) is 84.9 cm³/mol. The van der Waals surface area contributed by atoms with Gasteiger partial charge in [-0.25, -0.2) is 4.98 Å². The van der Waals surface area contributed by atoms with Crippen LogP contribution in [0.15, 0.2) is 35.6 Å². The maximum atomic E-state index is 12.5. The Labute approximate surface area is 132 Å². The van der Waals surface area contributed by atoms with Gasteiger partial charge in [0, 0.05) is 29.7 Å². The second kappa shape index (κ2) is 6.16. The second-order valence-corrected chi connectivity index (χ2v) is 5.85. The molecule has 2 aromatic rings. The Kier molecular flexibility index (Phi) is 4.07. The standard InChI is InChI=1S/C16H14N4OS/c1-22-16-13(9-17)12(8-14(20-16)10-2-3-10)15(21)19-11-4-6-18-7-5-11/h4-8,10H,2-3H2,1H3,(H,18,19,21). The van der Waals surface area contributed by atoms with Crippen molar-refractivity contribution in [2.24, 2.45) is 0 Å². The molecule has 110 valence electrons. The lowest BCUT2D eigenvalue weighted by atomic mass is 10.1. The summed E-state index contributed by atoms with van der Waals surface area (Å²) in [6.07, 6.45) is 7.27. The van der Waals surface area contributed by atoms with E-state index in [9.17, 15) is 10.1 Å². The Morgan fingerprint density at radius 2 is 2.14 bits per heavy atom. The molecule has 0 radical (unpaired) electrons. The fraction of sp³-hybridized carbons (Fsp3) is 0.250. The van der Waals surface area contributed by atoms with Crippen LogP contribution in [0.5, 0.6) is 0 Å². The molecule has 1 aliphatic rings. The van der Waals surface area contributed by atoms with Crippen molar-refractivity contribution in [3.8, 4) is 6.07 Å². The van der Waals surface area contributed by atoms with Crippen LogP contribution >= 0.6 is 11.8 Å². The molecule has 0 aliphatic heterocycles. The number of nitrogens with one attached hydrogen (secondary N) is 1. The summed E-state index contributed by atoms with van der Waals surface area (Å²) < 4.78 is 0. The molecule has 22 heavy (non-hydrogen) atoms. The second-order valence-electron chi connectivity index (χ2n) is 5.06. The fourth-order valence-electron chi connectivity index (χ4n) is 2.20. The van der Waals surface area contributed by atoms with E-state index in [1.54, 1.807) is 30.6 Å². The van der Waals surface area contributed by atoms with Crippen LogP contribution in [0.1, 0.15) is 40.4 Å². The molecule has 1 fully saturated rings. The third kappa shape index (κ3) is 2.95.